The summed E-state index contributed by atoms with van der Waals surface area (Å²) in [7, 11) is -3.78. The summed E-state index contributed by atoms with van der Waals surface area (Å²) in [6.07, 6.45) is 1.77. The van der Waals surface area contributed by atoms with E-state index in [1.54, 1.807) is 43.3 Å². The molecule has 0 radical (unpaired) electrons. The lowest BCUT2D eigenvalue weighted by atomic mass is 10.1. The number of halogens is 2. The fourth-order valence-electron chi connectivity index (χ4n) is 3.23. The second-order valence-corrected chi connectivity index (χ2v) is 10.5. The minimum atomic E-state index is -3.78. The molecular formula is C23H29Cl2N3O4S. The average molecular weight is 514 g/mol. The molecule has 2 rings (SSSR count). The van der Waals surface area contributed by atoms with Crippen molar-refractivity contribution in [1.82, 2.24) is 10.2 Å². The first-order valence-electron chi connectivity index (χ1n) is 10.5. The summed E-state index contributed by atoms with van der Waals surface area (Å²) in [5.41, 5.74) is 1.69. The van der Waals surface area contributed by atoms with Crippen LogP contribution in [0.25, 0.3) is 0 Å². The van der Waals surface area contributed by atoms with Gasteiger partial charge in [-0.25, -0.2) is 8.42 Å². The predicted molar refractivity (Wildman–Crippen MR) is 133 cm³/mol. The van der Waals surface area contributed by atoms with Gasteiger partial charge in [0.1, 0.15) is 12.6 Å². The normalized spacial score (nSPS) is 12.2. The van der Waals surface area contributed by atoms with Gasteiger partial charge in [-0.1, -0.05) is 48.3 Å². The van der Waals surface area contributed by atoms with Gasteiger partial charge in [0.2, 0.25) is 21.8 Å². The van der Waals surface area contributed by atoms with Gasteiger partial charge < -0.3 is 10.2 Å². The van der Waals surface area contributed by atoms with E-state index < -0.39 is 28.5 Å². The number of nitrogens with zero attached hydrogens (tertiary/aromatic N) is 2. The third-order valence-electron chi connectivity index (χ3n) is 5.08. The largest absolute Gasteiger partial charge is 0.354 e. The minimum absolute atomic E-state index is 0.0521. The van der Waals surface area contributed by atoms with E-state index in [1.807, 2.05) is 19.9 Å². The van der Waals surface area contributed by atoms with Gasteiger partial charge in [0.25, 0.3) is 0 Å². The molecule has 2 aromatic rings. The molecule has 0 bridgehead atoms. The number of nitrogens with one attached hydrogen (secondary N) is 1. The van der Waals surface area contributed by atoms with E-state index in [2.05, 4.69) is 5.32 Å². The molecule has 33 heavy (non-hydrogen) atoms. The minimum Gasteiger partial charge on any atom is -0.354 e. The van der Waals surface area contributed by atoms with Crippen LogP contribution in [0.5, 0.6) is 0 Å². The smallest absolute Gasteiger partial charge is 0.244 e. The van der Waals surface area contributed by atoms with E-state index >= 15 is 0 Å². The number of carbonyl (C=O) groups excluding carboxylic acids is 2. The highest BCUT2D eigenvalue weighted by Gasteiger charge is 2.30. The molecule has 10 heteroatoms. The van der Waals surface area contributed by atoms with Crippen molar-refractivity contribution in [3.8, 4) is 0 Å². The van der Waals surface area contributed by atoms with Gasteiger partial charge in [0, 0.05) is 28.7 Å². The molecule has 0 saturated carbocycles. The van der Waals surface area contributed by atoms with Gasteiger partial charge in [-0.3, -0.25) is 13.9 Å². The van der Waals surface area contributed by atoms with E-state index in [-0.39, 0.29) is 12.5 Å². The summed E-state index contributed by atoms with van der Waals surface area (Å²) >= 11 is 12.6. The average Bonchev–Trinajstić information content (AvgIpc) is 2.74. The molecule has 0 unspecified atom stereocenters. The zero-order valence-corrected chi connectivity index (χ0v) is 21.5. The maximum absolute atomic E-state index is 13.5. The molecule has 0 aliphatic carbocycles. The Morgan fingerprint density at radius 1 is 1.09 bits per heavy atom. The van der Waals surface area contributed by atoms with Crippen molar-refractivity contribution in [2.45, 2.75) is 39.8 Å². The first kappa shape index (κ1) is 27.0. The summed E-state index contributed by atoms with van der Waals surface area (Å²) in [5, 5.41) is 3.47. The van der Waals surface area contributed by atoms with E-state index in [4.69, 9.17) is 23.2 Å². The van der Waals surface area contributed by atoms with Gasteiger partial charge in [0.15, 0.2) is 0 Å². The van der Waals surface area contributed by atoms with Crippen LogP contribution >= 0.6 is 23.2 Å². The number of rotatable bonds is 10. The molecule has 0 fully saturated rings. The number of benzene rings is 2. The molecule has 1 atom stereocenters. The molecule has 0 aliphatic rings. The topological polar surface area (TPSA) is 86.8 Å². The van der Waals surface area contributed by atoms with Gasteiger partial charge >= 0.3 is 0 Å². The SMILES string of the molecule is CCCNC(=O)[C@H](C)N(Cc1c(Cl)cccc1Cl)C(=O)CN(c1cccc(C)c1)S(C)(=O)=O. The Bertz CT molecular complexity index is 1090. The van der Waals surface area contributed by atoms with Gasteiger partial charge in [-0.05, 0) is 50.1 Å². The molecule has 0 aliphatic heterocycles. The highest BCUT2D eigenvalue weighted by molar-refractivity contribution is 7.92. The number of sulfonamides is 1. The standard InChI is InChI=1S/C23H29Cl2N3O4S/c1-5-12-26-23(30)17(3)27(14-19-20(24)10-7-11-21(19)25)22(29)15-28(33(4,31)32)18-9-6-8-16(2)13-18/h6-11,13,17H,5,12,14-15H2,1-4H3,(H,26,30)/t17-/m0/s1. The first-order chi connectivity index (χ1) is 15.5. The van der Waals surface area contributed by atoms with Crippen molar-refractivity contribution in [3.63, 3.8) is 0 Å². The van der Waals surface area contributed by atoms with Crippen molar-refractivity contribution in [1.29, 1.82) is 0 Å². The monoisotopic (exact) mass is 513 g/mol. The van der Waals surface area contributed by atoms with Gasteiger partial charge in [-0.15, -0.1) is 0 Å². The third kappa shape index (κ3) is 7.35. The molecule has 0 heterocycles. The van der Waals surface area contributed by atoms with E-state index in [9.17, 15) is 18.0 Å². The summed E-state index contributed by atoms with van der Waals surface area (Å²) < 4.78 is 26.1. The van der Waals surface area contributed by atoms with Crippen LogP contribution in [0.1, 0.15) is 31.4 Å². The number of amides is 2. The fourth-order valence-corrected chi connectivity index (χ4v) is 4.59. The van der Waals surface area contributed by atoms with Crippen LogP contribution in [0, 0.1) is 6.92 Å². The molecule has 7 nitrogen and oxygen atoms in total. The van der Waals surface area contributed by atoms with Crippen LogP contribution in [0.3, 0.4) is 0 Å². The van der Waals surface area contributed by atoms with Crippen LogP contribution < -0.4 is 9.62 Å². The van der Waals surface area contributed by atoms with Crippen molar-refractivity contribution < 1.29 is 18.0 Å². The predicted octanol–water partition coefficient (Wildman–Crippen LogP) is 4.01. The number of carbonyl (C=O) groups is 2. The van der Waals surface area contributed by atoms with Crippen molar-refractivity contribution in [2.24, 2.45) is 0 Å². The summed E-state index contributed by atoms with van der Waals surface area (Å²) in [5.74, 6) is -0.910. The zero-order valence-electron chi connectivity index (χ0n) is 19.1. The maximum atomic E-state index is 13.5. The number of hydrogen-bond acceptors (Lipinski definition) is 4. The maximum Gasteiger partial charge on any atom is 0.244 e. The van der Waals surface area contributed by atoms with E-state index in [0.717, 1.165) is 22.5 Å². The van der Waals surface area contributed by atoms with Crippen LogP contribution in [-0.2, 0) is 26.2 Å². The second kappa shape index (κ2) is 11.7. The lowest BCUT2D eigenvalue weighted by Gasteiger charge is -2.32. The van der Waals surface area contributed by atoms with Crippen molar-refractivity contribution in [3.05, 3.63) is 63.6 Å². The van der Waals surface area contributed by atoms with Gasteiger partial charge in [0.05, 0.1) is 11.9 Å². The molecular weight excluding hydrogens is 485 g/mol. The summed E-state index contributed by atoms with van der Waals surface area (Å²) in [6.45, 7) is 5.27. The van der Waals surface area contributed by atoms with E-state index in [1.165, 1.54) is 4.90 Å². The van der Waals surface area contributed by atoms with Crippen LogP contribution in [0.4, 0.5) is 5.69 Å². The molecule has 0 saturated heterocycles. The highest BCUT2D eigenvalue weighted by atomic mass is 35.5. The number of hydrogen-bond donors (Lipinski definition) is 1. The zero-order chi connectivity index (χ0) is 24.8. The van der Waals surface area contributed by atoms with Gasteiger partial charge in [-0.2, -0.15) is 0 Å². The Hall–Kier alpha value is -2.29. The van der Waals surface area contributed by atoms with Crippen LogP contribution in [-0.4, -0.2) is 50.5 Å². The molecule has 0 aromatic heterocycles. The fraction of sp³-hybridized carbons (Fsp3) is 0.391. The van der Waals surface area contributed by atoms with Crippen LogP contribution in [0.15, 0.2) is 42.5 Å². The summed E-state index contributed by atoms with van der Waals surface area (Å²) in [6, 6.07) is 10.9. The summed E-state index contributed by atoms with van der Waals surface area (Å²) in [4.78, 5) is 27.5. The highest BCUT2D eigenvalue weighted by Crippen LogP contribution is 2.27. The quantitative estimate of drug-likeness (QED) is 0.519. The van der Waals surface area contributed by atoms with E-state index in [0.29, 0.717) is 27.8 Å². The molecule has 180 valence electrons. The third-order valence-corrected chi connectivity index (χ3v) is 6.92. The Balaban J connectivity index is 2.43. The van der Waals surface area contributed by atoms with Crippen molar-refractivity contribution in [2.75, 3.05) is 23.7 Å². The Kier molecular flexibility index (Phi) is 9.57. The lowest BCUT2D eigenvalue weighted by Crippen LogP contribution is -2.51. The molecule has 1 N–H and O–H groups in total. The molecule has 0 spiro atoms. The molecule has 2 amide bonds. The number of anilines is 1. The van der Waals surface area contributed by atoms with Crippen LogP contribution in [0.2, 0.25) is 10.0 Å². The molecule has 2 aromatic carbocycles. The number of aryl methyl sites for hydroxylation is 1. The van der Waals surface area contributed by atoms with Crippen molar-refractivity contribution >= 4 is 50.7 Å². The first-order valence-corrected chi connectivity index (χ1v) is 13.1. The Morgan fingerprint density at radius 2 is 1.70 bits per heavy atom. The Morgan fingerprint density at radius 3 is 2.24 bits per heavy atom. The second-order valence-electron chi connectivity index (χ2n) is 7.80. The Labute approximate surface area is 205 Å². The lowest BCUT2D eigenvalue weighted by molar-refractivity contribution is -0.139.